The molecule has 2 heterocycles. The molecule has 8 nitrogen and oxygen atoms in total. The monoisotopic (exact) mass is 612 g/mol. The van der Waals surface area contributed by atoms with Crippen LogP contribution in [0.5, 0.6) is 5.75 Å². The molecule has 0 unspecified atom stereocenters. The number of benzene rings is 2. The van der Waals surface area contributed by atoms with E-state index in [2.05, 4.69) is 72.1 Å². The first-order valence-electron chi connectivity index (χ1n) is 15.0. The predicted octanol–water partition coefficient (Wildman–Crippen LogP) is 7.67. The number of thiophene rings is 1. The normalized spacial score (nSPS) is 11.6. The zero-order valence-corrected chi connectivity index (χ0v) is 27.8. The van der Waals surface area contributed by atoms with Crippen molar-refractivity contribution < 1.29 is 9.53 Å². The number of rotatable bonds is 14. The molecule has 0 aliphatic carbocycles. The zero-order valence-electron chi connectivity index (χ0n) is 27.0. The van der Waals surface area contributed by atoms with Crippen molar-refractivity contribution in [2.45, 2.75) is 40.0 Å². The fourth-order valence-corrected chi connectivity index (χ4v) is 6.00. The second-order valence-corrected chi connectivity index (χ2v) is 12.0. The minimum absolute atomic E-state index is 0.295. The number of carbonyl (C=O) groups excluding carboxylic acids is 1. The van der Waals surface area contributed by atoms with Crippen LogP contribution in [0.3, 0.4) is 0 Å². The Hall–Kier alpha value is -4.21. The third-order valence-electron chi connectivity index (χ3n) is 7.68. The van der Waals surface area contributed by atoms with Crippen LogP contribution in [0, 0.1) is 6.92 Å². The number of aromatic nitrogens is 2. The highest BCUT2D eigenvalue weighted by molar-refractivity contribution is 7.17. The number of allylic oxidation sites excluding steroid dienone is 1. The molecule has 0 fully saturated rings. The van der Waals surface area contributed by atoms with E-state index in [0.29, 0.717) is 23.1 Å². The van der Waals surface area contributed by atoms with E-state index in [-0.39, 0.29) is 5.91 Å². The van der Waals surface area contributed by atoms with E-state index in [4.69, 9.17) is 14.7 Å². The van der Waals surface area contributed by atoms with E-state index >= 15 is 0 Å². The van der Waals surface area contributed by atoms with Gasteiger partial charge in [-0.25, -0.2) is 9.97 Å². The summed E-state index contributed by atoms with van der Waals surface area (Å²) in [4.78, 5) is 26.6. The lowest BCUT2D eigenvalue weighted by Crippen LogP contribution is -2.29. The van der Waals surface area contributed by atoms with Gasteiger partial charge in [0.05, 0.1) is 40.1 Å². The highest BCUT2D eigenvalue weighted by atomic mass is 32.1. The first-order chi connectivity index (χ1) is 21.2. The summed E-state index contributed by atoms with van der Waals surface area (Å²) in [6, 6.07) is 12.3. The SMILES string of the molecule is C=CC(=O)Nc1cc(Nc2nc(/C(=C/C)c3cccc(CCCC)c3C)c3sccc3n2)c(OC)cc1N(C)CCN(C)C. The second-order valence-electron chi connectivity index (χ2n) is 11.0. The van der Waals surface area contributed by atoms with E-state index in [1.165, 1.54) is 22.8 Å². The van der Waals surface area contributed by atoms with Crippen molar-refractivity contribution in [3.05, 3.63) is 82.9 Å². The van der Waals surface area contributed by atoms with Gasteiger partial charge in [0.25, 0.3) is 0 Å². The van der Waals surface area contributed by atoms with Crippen LogP contribution < -0.4 is 20.3 Å². The van der Waals surface area contributed by atoms with E-state index in [0.717, 1.165) is 59.5 Å². The van der Waals surface area contributed by atoms with E-state index in [1.54, 1.807) is 18.4 Å². The number of amides is 1. The van der Waals surface area contributed by atoms with Crippen LogP contribution in [0.2, 0.25) is 0 Å². The summed E-state index contributed by atoms with van der Waals surface area (Å²) in [6.07, 6.45) is 6.78. The Bertz CT molecular complexity index is 1660. The molecular formula is C35H44N6O2S. The van der Waals surface area contributed by atoms with Gasteiger partial charge >= 0.3 is 0 Å². The second kappa shape index (κ2) is 15.0. The molecule has 0 bridgehead atoms. The molecule has 9 heteroatoms. The van der Waals surface area contributed by atoms with Crippen LogP contribution in [0.1, 0.15) is 49.1 Å². The van der Waals surface area contributed by atoms with Gasteiger partial charge in [-0.1, -0.05) is 44.2 Å². The predicted molar refractivity (Wildman–Crippen MR) is 187 cm³/mol. The molecule has 44 heavy (non-hydrogen) atoms. The minimum Gasteiger partial charge on any atom is -0.494 e. The first-order valence-corrected chi connectivity index (χ1v) is 15.9. The van der Waals surface area contributed by atoms with Crippen molar-refractivity contribution in [1.82, 2.24) is 14.9 Å². The molecule has 1 amide bonds. The molecule has 0 spiro atoms. The third kappa shape index (κ3) is 7.46. The maximum atomic E-state index is 12.4. The summed E-state index contributed by atoms with van der Waals surface area (Å²) in [6.45, 7) is 11.7. The summed E-state index contributed by atoms with van der Waals surface area (Å²) in [5.74, 6) is 0.753. The maximum Gasteiger partial charge on any atom is 0.247 e. The number of likely N-dealkylation sites (N-methyl/N-ethyl adjacent to an activating group) is 2. The van der Waals surface area contributed by atoms with Crippen molar-refractivity contribution in [2.24, 2.45) is 0 Å². The van der Waals surface area contributed by atoms with Crippen molar-refractivity contribution in [1.29, 1.82) is 0 Å². The number of carbonyl (C=O) groups is 1. The summed E-state index contributed by atoms with van der Waals surface area (Å²) in [7, 11) is 7.69. The topological polar surface area (TPSA) is 82.6 Å². The van der Waals surface area contributed by atoms with Gasteiger partial charge < -0.3 is 25.2 Å². The largest absolute Gasteiger partial charge is 0.494 e. The Morgan fingerprint density at radius 1 is 1.11 bits per heavy atom. The van der Waals surface area contributed by atoms with Gasteiger partial charge in [-0.05, 0) is 81.1 Å². The van der Waals surface area contributed by atoms with Crippen LogP contribution in [-0.4, -0.2) is 62.1 Å². The Kier molecular flexibility index (Phi) is 11.1. The van der Waals surface area contributed by atoms with Gasteiger partial charge in [-0.2, -0.15) is 0 Å². The number of nitrogens with one attached hydrogen (secondary N) is 2. The number of methoxy groups -OCH3 is 1. The zero-order chi connectivity index (χ0) is 31.8. The summed E-state index contributed by atoms with van der Waals surface area (Å²) >= 11 is 1.64. The number of fused-ring (bicyclic) bond motifs is 1. The molecule has 4 rings (SSSR count). The van der Waals surface area contributed by atoms with Crippen LogP contribution in [0.25, 0.3) is 15.8 Å². The van der Waals surface area contributed by atoms with Gasteiger partial charge in [0.2, 0.25) is 11.9 Å². The molecular weight excluding hydrogens is 568 g/mol. The van der Waals surface area contributed by atoms with E-state index in [9.17, 15) is 4.79 Å². The number of hydrogen-bond acceptors (Lipinski definition) is 8. The van der Waals surface area contributed by atoms with Crippen LogP contribution in [-0.2, 0) is 11.2 Å². The molecule has 2 aromatic heterocycles. The molecule has 0 aliphatic heterocycles. The number of anilines is 4. The number of unbranched alkanes of at least 4 members (excludes halogenated alkanes) is 1. The molecule has 0 aliphatic rings. The summed E-state index contributed by atoms with van der Waals surface area (Å²) in [5, 5.41) is 8.41. The third-order valence-corrected chi connectivity index (χ3v) is 8.59. The standard InChI is InChI=1S/C35H44N6O2S/c1-9-12-14-24-15-13-16-26(23(24)4)25(10-2)33-34-27(17-20-44-34)37-35(39-33)38-29-21-28(36-32(42)11-3)30(22-31(29)43-8)41(7)19-18-40(5)6/h10-11,13,15-17,20-22H,3,9,12,14,18-19H2,1-2,4-8H3,(H,36,42)(H,37,38,39)/b25-10+. The Balaban J connectivity index is 1.79. The number of ether oxygens (including phenoxy) is 1. The van der Waals surface area contributed by atoms with E-state index in [1.807, 2.05) is 44.7 Å². The lowest BCUT2D eigenvalue weighted by atomic mass is 9.92. The number of aryl methyl sites for hydroxylation is 1. The highest BCUT2D eigenvalue weighted by Crippen LogP contribution is 2.39. The van der Waals surface area contributed by atoms with Crippen LogP contribution in [0.15, 0.2) is 60.5 Å². The first kappa shape index (κ1) is 32.7. The van der Waals surface area contributed by atoms with Gasteiger partial charge in [0.1, 0.15) is 5.75 Å². The maximum absolute atomic E-state index is 12.4. The smallest absolute Gasteiger partial charge is 0.247 e. The number of hydrogen-bond donors (Lipinski definition) is 2. The van der Waals surface area contributed by atoms with E-state index < -0.39 is 0 Å². The molecule has 0 saturated carbocycles. The average Bonchev–Trinajstić information content (AvgIpc) is 3.49. The lowest BCUT2D eigenvalue weighted by Gasteiger charge is -2.26. The van der Waals surface area contributed by atoms with Gasteiger partial charge in [0, 0.05) is 31.8 Å². The van der Waals surface area contributed by atoms with Crippen molar-refractivity contribution >= 4 is 56.0 Å². The van der Waals surface area contributed by atoms with Crippen molar-refractivity contribution in [3.63, 3.8) is 0 Å². The fraction of sp³-hybridized carbons (Fsp3) is 0.343. The molecule has 0 atom stereocenters. The summed E-state index contributed by atoms with van der Waals surface area (Å²) < 4.78 is 6.86. The molecule has 232 valence electrons. The highest BCUT2D eigenvalue weighted by Gasteiger charge is 2.20. The molecule has 4 aromatic rings. The van der Waals surface area contributed by atoms with Crippen LogP contribution >= 0.6 is 11.3 Å². The quantitative estimate of drug-likeness (QED) is 0.141. The van der Waals surface area contributed by atoms with Gasteiger partial charge in [-0.3, -0.25) is 4.79 Å². The fourth-order valence-electron chi connectivity index (χ4n) is 5.16. The number of nitrogens with zero attached hydrogens (tertiary/aromatic N) is 4. The van der Waals surface area contributed by atoms with Crippen molar-refractivity contribution in [3.8, 4) is 5.75 Å². The molecule has 2 aromatic carbocycles. The lowest BCUT2D eigenvalue weighted by molar-refractivity contribution is -0.111. The Morgan fingerprint density at radius 2 is 1.91 bits per heavy atom. The summed E-state index contributed by atoms with van der Waals surface area (Å²) in [5.41, 5.74) is 8.74. The molecule has 2 N–H and O–H groups in total. The van der Waals surface area contributed by atoms with Crippen molar-refractivity contribution in [2.75, 3.05) is 56.9 Å². The Morgan fingerprint density at radius 3 is 2.59 bits per heavy atom. The molecule has 0 saturated heterocycles. The van der Waals surface area contributed by atoms with Gasteiger partial charge in [-0.15, -0.1) is 11.3 Å². The van der Waals surface area contributed by atoms with Gasteiger partial charge in [0.15, 0.2) is 0 Å². The average molecular weight is 613 g/mol. The Labute approximate surface area is 265 Å². The van der Waals surface area contributed by atoms with Crippen LogP contribution in [0.4, 0.5) is 23.0 Å². The minimum atomic E-state index is -0.295. The molecule has 0 radical (unpaired) electrons.